The van der Waals surface area contributed by atoms with Gasteiger partial charge in [-0.2, -0.15) is 5.10 Å². The summed E-state index contributed by atoms with van der Waals surface area (Å²) in [4.78, 5) is 43.1. The molecule has 0 spiro atoms. The van der Waals surface area contributed by atoms with Crippen molar-refractivity contribution in [1.82, 2.24) is 19.4 Å². The van der Waals surface area contributed by atoms with Gasteiger partial charge in [-0.05, 0) is 69.0 Å². The Kier molecular flexibility index (Phi) is 8.71. The molecule has 2 aromatic carbocycles. The summed E-state index contributed by atoms with van der Waals surface area (Å²) in [7, 11) is 0. The molecule has 9 nitrogen and oxygen atoms in total. The van der Waals surface area contributed by atoms with Crippen molar-refractivity contribution < 1.29 is 28.2 Å². The summed E-state index contributed by atoms with van der Waals surface area (Å²) in [5, 5.41) is 4.58. The maximum absolute atomic E-state index is 14.7. The molecule has 44 heavy (non-hydrogen) atoms. The number of fused-ring (bicyclic) bond motifs is 1. The molecular formula is C34H37FN4O5. The monoisotopic (exact) mass is 600 g/mol. The molecule has 2 aromatic heterocycles. The van der Waals surface area contributed by atoms with E-state index in [1.165, 1.54) is 12.3 Å². The summed E-state index contributed by atoms with van der Waals surface area (Å²) in [5.41, 5.74) is 3.95. The second-order valence-electron chi connectivity index (χ2n) is 11.8. The van der Waals surface area contributed by atoms with Crippen molar-refractivity contribution in [2.45, 2.75) is 46.6 Å². The van der Waals surface area contributed by atoms with E-state index < -0.39 is 17.7 Å². The lowest BCUT2D eigenvalue weighted by Crippen LogP contribution is -2.52. The van der Waals surface area contributed by atoms with Crippen molar-refractivity contribution in [3.05, 3.63) is 94.6 Å². The van der Waals surface area contributed by atoms with Crippen LogP contribution in [-0.4, -0.2) is 75.8 Å². The molecule has 1 aliphatic heterocycles. The number of esters is 1. The van der Waals surface area contributed by atoms with Crippen molar-refractivity contribution >= 4 is 23.5 Å². The molecule has 0 atom stereocenters. The van der Waals surface area contributed by atoms with Gasteiger partial charge in [0.25, 0.3) is 5.91 Å². The first-order valence-electron chi connectivity index (χ1n) is 14.8. The van der Waals surface area contributed by atoms with E-state index in [4.69, 9.17) is 9.47 Å². The van der Waals surface area contributed by atoms with E-state index in [1.807, 2.05) is 57.2 Å². The van der Waals surface area contributed by atoms with E-state index in [1.54, 1.807) is 40.3 Å². The molecule has 2 amide bonds. The molecule has 0 aliphatic carbocycles. The third-order valence-corrected chi connectivity index (χ3v) is 7.63. The van der Waals surface area contributed by atoms with E-state index in [2.05, 4.69) is 5.10 Å². The molecular weight excluding hydrogens is 563 g/mol. The number of amides is 2. The van der Waals surface area contributed by atoms with Gasteiger partial charge in [-0.1, -0.05) is 42.5 Å². The van der Waals surface area contributed by atoms with Gasteiger partial charge in [-0.15, -0.1) is 0 Å². The number of ether oxygens (including phenoxy) is 2. The zero-order chi connectivity index (χ0) is 31.6. The fraction of sp³-hybridized carbons (Fsp3) is 0.353. The Bertz CT molecular complexity index is 1700. The molecule has 0 saturated carbocycles. The van der Waals surface area contributed by atoms with Gasteiger partial charge >= 0.3 is 12.1 Å². The maximum Gasteiger partial charge on any atom is 0.410 e. The summed E-state index contributed by atoms with van der Waals surface area (Å²) in [6, 6.07) is 16.2. The highest BCUT2D eigenvalue weighted by Gasteiger charge is 2.33. The van der Waals surface area contributed by atoms with E-state index in [0.717, 1.165) is 16.7 Å². The number of carbonyl (C=O) groups is 3. The molecule has 5 rings (SSSR count). The van der Waals surface area contributed by atoms with Crippen LogP contribution in [-0.2, 0) is 15.9 Å². The molecule has 3 heterocycles. The van der Waals surface area contributed by atoms with Gasteiger partial charge in [0, 0.05) is 38.2 Å². The lowest BCUT2D eigenvalue weighted by Gasteiger charge is -2.35. The van der Waals surface area contributed by atoms with Crippen molar-refractivity contribution in [2.75, 3.05) is 32.8 Å². The van der Waals surface area contributed by atoms with E-state index in [0.29, 0.717) is 48.5 Å². The Morgan fingerprint density at radius 3 is 2.30 bits per heavy atom. The van der Waals surface area contributed by atoms with Crippen molar-refractivity contribution in [1.29, 1.82) is 0 Å². The average Bonchev–Trinajstić information content (AvgIpc) is 3.31. The molecule has 0 unspecified atom stereocenters. The zero-order valence-electron chi connectivity index (χ0n) is 25.7. The molecule has 1 aliphatic rings. The Balaban J connectivity index is 1.63. The Morgan fingerprint density at radius 2 is 1.64 bits per heavy atom. The smallest absolute Gasteiger partial charge is 0.410 e. The van der Waals surface area contributed by atoms with Gasteiger partial charge < -0.3 is 19.3 Å². The lowest BCUT2D eigenvalue weighted by atomic mass is 9.93. The second-order valence-corrected chi connectivity index (χ2v) is 11.8. The number of carbonyl (C=O) groups excluding carboxylic acids is 3. The van der Waals surface area contributed by atoms with Gasteiger partial charge in [-0.25, -0.2) is 18.5 Å². The van der Waals surface area contributed by atoms with Crippen LogP contribution in [0.15, 0.2) is 60.8 Å². The summed E-state index contributed by atoms with van der Waals surface area (Å²) in [6.07, 6.45) is 1.23. The SMILES string of the molecule is CCOC(=O)c1cnn2c(C(=O)N3CCN(C(=O)OC(C)(C)C)CC3)c(Cc3cccc(F)c3C)c(-c3ccccc3)c2c1. The fourth-order valence-electron chi connectivity index (χ4n) is 5.43. The molecule has 0 N–H and O–H groups in total. The van der Waals surface area contributed by atoms with Crippen LogP contribution in [0.4, 0.5) is 9.18 Å². The standard InChI is InChI=1S/C34H37FN4O5/c1-6-43-32(41)25-20-28-29(23-11-8-7-9-12-23)26(19-24-13-10-14-27(35)22(24)2)30(39(28)36-21-25)31(40)37-15-17-38(18-16-37)33(42)44-34(3,4)5/h7-14,20-21H,6,15-19H2,1-5H3. The number of halogens is 1. The van der Waals surface area contributed by atoms with Gasteiger partial charge in [0.2, 0.25) is 0 Å². The minimum absolute atomic E-state index is 0.208. The summed E-state index contributed by atoms with van der Waals surface area (Å²) < 4.78 is 27.0. The maximum atomic E-state index is 14.7. The second kappa shape index (κ2) is 12.5. The molecule has 4 aromatic rings. The van der Waals surface area contributed by atoms with Gasteiger partial charge in [0.15, 0.2) is 0 Å². The molecule has 230 valence electrons. The first-order valence-corrected chi connectivity index (χ1v) is 14.8. The molecule has 0 bridgehead atoms. The van der Waals surface area contributed by atoms with E-state index >= 15 is 0 Å². The number of rotatable bonds is 6. The highest BCUT2D eigenvalue weighted by atomic mass is 19.1. The minimum atomic E-state index is -0.624. The van der Waals surface area contributed by atoms with E-state index in [-0.39, 0.29) is 30.3 Å². The van der Waals surface area contributed by atoms with Crippen LogP contribution >= 0.6 is 0 Å². The first-order chi connectivity index (χ1) is 21.0. The summed E-state index contributed by atoms with van der Waals surface area (Å²) in [6.45, 7) is 10.3. The third-order valence-electron chi connectivity index (χ3n) is 7.63. The number of piperazine rings is 1. The Hall–Kier alpha value is -4.73. The zero-order valence-corrected chi connectivity index (χ0v) is 25.7. The number of aromatic nitrogens is 2. The molecule has 0 radical (unpaired) electrons. The van der Waals surface area contributed by atoms with Crippen molar-refractivity contribution in [3.63, 3.8) is 0 Å². The number of hydrogen-bond acceptors (Lipinski definition) is 6. The normalized spacial score (nSPS) is 13.7. The quantitative estimate of drug-likeness (QED) is 0.256. The number of hydrogen-bond donors (Lipinski definition) is 0. The largest absolute Gasteiger partial charge is 0.462 e. The lowest BCUT2D eigenvalue weighted by molar-refractivity contribution is 0.0139. The fourth-order valence-corrected chi connectivity index (χ4v) is 5.43. The molecule has 10 heteroatoms. The molecule has 1 fully saturated rings. The topological polar surface area (TPSA) is 93.5 Å². The minimum Gasteiger partial charge on any atom is -0.462 e. The average molecular weight is 601 g/mol. The highest BCUT2D eigenvalue weighted by molar-refractivity contribution is 6.02. The number of benzene rings is 2. The first kappa shape index (κ1) is 30.7. The van der Waals surface area contributed by atoms with Crippen LogP contribution < -0.4 is 0 Å². The van der Waals surface area contributed by atoms with Gasteiger partial charge in [-0.3, -0.25) is 4.79 Å². The predicted octanol–water partition coefficient (Wildman–Crippen LogP) is 5.91. The third kappa shape index (κ3) is 6.29. The van der Waals surface area contributed by atoms with Crippen LogP contribution in [0.25, 0.3) is 16.6 Å². The van der Waals surface area contributed by atoms with Crippen LogP contribution in [0.1, 0.15) is 65.2 Å². The van der Waals surface area contributed by atoms with Crippen LogP contribution in [0.5, 0.6) is 0 Å². The van der Waals surface area contributed by atoms with E-state index in [9.17, 15) is 18.8 Å². The summed E-state index contributed by atoms with van der Waals surface area (Å²) >= 11 is 0. The number of nitrogens with zero attached hydrogens (tertiary/aromatic N) is 4. The van der Waals surface area contributed by atoms with Crippen LogP contribution in [0.2, 0.25) is 0 Å². The molecule has 1 saturated heterocycles. The van der Waals surface area contributed by atoms with Crippen LogP contribution in [0.3, 0.4) is 0 Å². The predicted molar refractivity (Wildman–Crippen MR) is 164 cm³/mol. The Labute approximate surface area is 256 Å². The summed E-state index contributed by atoms with van der Waals surface area (Å²) in [5.74, 6) is -1.12. The highest BCUT2D eigenvalue weighted by Crippen LogP contribution is 2.36. The van der Waals surface area contributed by atoms with Gasteiger partial charge in [0.1, 0.15) is 17.1 Å². The Morgan fingerprint density at radius 1 is 0.955 bits per heavy atom. The van der Waals surface area contributed by atoms with Crippen LogP contribution in [0, 0.1) is 12.7 Å². The van der Waals surface area contributed by atoms with Gasteiger partial charge in [0.05, 0.1) is 23.9 Å². The van der Waals surface area contributed by atoms with Crippen molar-refractivity contribution in [3.8, 4) is 11.1 Å². The van der Waals surface area contributed by atoms with Crippen molar-refractivity contribution in [2.24, 2.45) is 0 Å².